The van der Waals surface area contributed by atoms with Gasteiger partial charge in [0.2, 0.25) is 0 Å². The number of amides is 1. The molecule has 0 radical (unpaired) electrons. The predicted octanol–water partition coefficient (Wildman–Crippen LogP) is 3.70. The molecule has 1 aliphatic rings. The lowest BCUT2D eigenvalue weighted by molar-refractivity contribution is -0.384. The van der Waals surface area contributed by atoms with E-state index in [4.69, 9.17) is 4.74 Å². The summed E-state index contributed by atoms with van der Waals surface area (Å²) < 4.78 is 33.8. The summed E-state index contributed by atoms with van der Waals surface area (Å²) in [4.78, 5) is 25.9. The van der Waals surface area contributed by atoms with Crippen LogP contribution in [0.4, 0.5) is 17.1 Å². The number of hydrogen-bond acceptors (Lipinski definition) is 8. The number of morpholine rings is 1. The zero-order chi connectivity index (χ0) is 28.9. The van der Waals surface area contributed by atoms with Crippen molar-refractivity contribution in [1.82, 2.24) is 5.43 Å². The van der Waals surface area contributed by atoms with Crippen molar-refractivity contribution in [1.29, 1.82) is 0 Å². The van der Waals surface area contributed by atoms with Crippen LogP contribution in [0, 0.1) is 30.9 Å². The highest BCUT2D eigenvalue weighted by molar-refractivity contribution is 7.92. The van der Waals surface area contributed by atoms with E-state index in [1.165, 1.54) is 30.5 Å². The van der Waals surface area contributed by atoms with Gasteiger partial charge >= 0.3 is 0 Å². The van der Waals surface area contributed by atoms with Gasteiger partial charge in [-0.1, -0.05) is 35.4 Å². The predicted molar refractivity (Wildman–Crippen MR) is 153 cm³/mol. The number of nitrogens with one attached hydrogen (secondary N) is 1. The fourth-order valence-electron chi connectivity index (χ4n) is 4.41. The van der Waals surface area contributed by atoms with E-state index in [0.717, 1.165) is 15.4 Å². The minimum Gasteiger partial charge on any atom is -0.378 e. The normalized spacial score (nSPS) is 13.8. The number of sulfonamides is 1. The zero-order valence-electron chi connectivity index (χ0n) is 22.5. The number of non-ortho nitro benzene ring substituents is 1. The van der Waals surface area contributed by atoms with Crippen molar-refractivity contribution in [2.75, 3.05) is 42.1 Å². The van der Waals surface area contributed by atoms with E-state index in [1.54, 1.807) is 37.3 Å². The summed E-state index contributed by atoms with van der Waals surface area (Å²) in [6, 6.07) is 16.1. The monoisotopic (exact) mass is 565 g/mol. The summed E-state index contributed by atoms with van der Waals surface area (Å²) in [7, 11) is -4.09. The quantitative estimate of drug-likeness (QED) is 0.237. The summed E-state index contributed by atoms with van der Waals surface area (Å²) in [6.07, 6.45) is 1.33. The second kappa shape index (κ2) is 12.3. The second-order valence-electron chi connectivity index (χ2n) is 9.51. The van der Waals surface area contributed by atoms with Crippen molar-refractivity contribution < 1.29 is 22.9 Å². The van der Waals surface area contributed by atoms with Crippen LogP contribution in [0.25, 0.3) is 0 Å². The zero-order valence-corrected chi connectivity index (χ0v) is 23.3. The minimum absolute atomic E-state index is 0.0566. The van der Waals surface area contributed by atoms with Crippen LogP contribution < -0.4 is 14.6 Å². The van der Waals surface area contributed by atoms with Crippen molar-refractivity contribution in [3.8, 4) is 0 Å². The van der Waals surface area contributed by atoms with Crippen molar-refractivity contribution in [3.63, 3.8) is 0 Å². The van der Waals surface area contributed by atoms with Crippen LogP contribution in [0.3, 0.4) is 0 Å². The van der Waals surface area contributed by atoms with Crippen molar-refractivity contribution >= 4 is 39.2 Å². The van der Waals surface area contributed by atoms with Gasteiger partial charge in [-0.05, 0) is 50.6 Å². The van der Waals surface area contributed by atoms with E-state index in [1.807, 2.05) is 24.8 Å². The summed E-state index contributed by atoms with van der Waals surface area (Å²) in [5.41, 5.74) is 6.35. The smallest absolute Gasteiger partial charge is 0.270 e. The lowest BCUT2D eigenvalue weighted by Gasteiger charge is -2.29. The number of nitrogens with zero attached hydrogens (tertiary/aromatic N) is 4. The van der Waals surface area contributed by atoms with E-state index in [9.17, 15) is 23.3 Å². The highest BCUT2D eigenvalue weighted by Gasteiger charge is 2.28. The third kappa shape index (κ3) is 6.64. The van der Waals surface area contributed by atoms with Crippen molar-refractivity contribution in [2.24, 2.45) is 5.10 Å². The Balaban J connectivity index is 1.60. The Morgan fingerprint density at radius 1 is 1.05 bits per heavy atom. The maximum Gasteiger partial charge on any atom is 0.270 e. The first-order chi connectivity index (χ1) is 19.1. The van der Waals surface area contributed by atoms with Crippen LogP contribution in [-0.4, -0.2) is 58.3 Å². The fraction of sp³-hybridized carbons (Fsp3) is 0.286. The maximum absolute atomic E-state index is 13.7. The second-order valence-corrected chi connectivity index (χ2v) is 11.4. The highest BCUT2D eigenvalue weighted by Crippen LogP contribution is 2.28. The van der Waals surface area contributed by atoms with Crippen LogP contribution >= 0.6 is 0 Å². The van der Waals surface area contributed by atoms with Gasteiger partial charge in [0.15, 0.2) is 0 Å². The Bertz CT molecular complexity index is 1530. The number of carbonyl (C=O) groups excluding carboxylic acids is 1. The van der Waals surface area contributed by atoms with Crippen LogP contribution in [0.15, 0.2) is 70.7 Å². The molecule has 210 valence electrons. The Labute approximate surface area is 233 Å². The van der Waals surface area contributed by atoms with Crippen LogP contribution in [0.5, 0.6) is 0 Å². The minimum atomic E-state index is -4.09. The molecule has 0 aliphatic carbocycles. The Hall–Kier alpha value is -4.29. The lowest BCUT2D eigenvalue weighted by atomic mass is 10.1. The molecule has 4 rings (SSSR count). The Kier molecular flexibility index (Phi) is 8.80. The van der Waals surface area contributed by atoms with E-state index >= 15 is 0 Å². The average Bonchev–Trinajstić information content (AvgIpc) is 2.92. The van der Waals surface area contributed by atoms with E-state index in [-0.39, 0.29) is 10.6 Å². The number of ether oxygens (including phenoxy) is 1. The molecule has 0 spiro atoms. The molecule has 40 heavy (non-hydrogen) atoms. The molecular weight excluding hydrogens is 534 g/mol. The molecule has 0 atom stereocenters. The van der Waals surface area contributed by atoms with E-state index in [0.29, 0.717) is 48.8 Å². The molecule has 1 aliphatic heterocycles. The molecule has 1 fully saturated rings. The van der Waals surface area contributed by atoms with Gasteiger partial charge < -0.3 is 9.64 Å². The maximum atomic E-state index is 13.7. The molecule has 11 nitrogen and oxygen atoms in total. The van der Waals surface area contributed by atoms with Gasteiger partial charge in [0.05, 0.1) is 34.9 Å². The van der Waals surface area contributed by atoms with Gasteiger partial charge in [-0.3, -0.25) is 19.2 Å². The Morgan fingerprint density at radius 2 is 1.73 bits per heavy atom. The number of hydrogen-bond donors (Lipinski definition) is 1. The Morgan fingerprint density at radius 3 is 2.38 bits per heavy atom. The third-order valence-corrected chi connectivity index (χ3v) is 8.26. The molecule has 3 aromatic carbocycles. The van der Waals surface area contributed by atoms with Gasteiger partial charge in [-0.25, -0.2) is 13.8 Å². The number of rotatable bonds is 9. The molecule has 12 heteroatoms. The fourth-order valence-corrected chi connectivity index (χ4v) is 5.90. The first-order valence-electron chi connectivity index (χ1n) is 12.7. The molecule has 0 aromatic heterocycles. The van der Waals surface area contributed by atoms with Crippen molar-refractivity contribution in [3.05, 3.63) is 93.0 Å². The molecule has 3 aromatic rings. The average molecular weight is 566 g/mol. The number of benzene rings is 3. The summed E-state index contributed by atoms with van der Waals surface area (Å²) >= 11 is 0. The topological polar surface area (TPSA) is 134 Å². The highest BCUT2D eigenvalue weighted by atomic mass is 32.2. The summed E-state index contributed by atoms with van der Waals surface area (Å²) in [6.45, 7) is 7.27. The van der Waals surface area contributed by atoms with Crippen LogP contribution in [0.1, 0.15) is 22.3 Å². The lowest BCUT2D eigenvalue weighted by Crippen LogP contribution is -2.40. The standard InChI is InChI=1S/C28H31N5O6S/c1-20-4-8-25(9-5-20)40(37,38)32(26-10-6-21(2)16-22(26)3)19-28(34)30-29-18-23-17-24(33(35)36)7-11-27(23)31-12-14-39-15-13-31/h4-11,16-18H,12-15,19H2,1-3H3,(H,30,34)/b29-18-. The van der Waals surface area contributed by atoms with Gasteiger partial charge in [0, 0.05) is 36.5 Å². The van der Waals surface area contributed by atoms with E-state index < -0.39 is 27.4 Å². The summed E-state index contributed by atoms with van der Waals surface area (Å²) in [5, 5.41) is 15.4. The third-order valence-electron chi connectivity index (χ3n) is 6.48. The van der Waals surface area contributed by atoms with Crippen LogP contribution in [0.2, 0.25) is 0 Å². The molecule has 0 unspecified atom stereocenters. The van der Waals surface area contributed by atoms with Gasteiger partial charge in [-0.15, -0.1) is 0 Å². The molecule has 0 saturated carbocycles. The van der Waals surface area contributed by atoms with E-state index in [2.05, 4.69) is 10.5 Å². The first-order valence-corrected chi connectivity index (χ1v) is 14.1. The summed E-state index contributed by atoms with van der Waals surface area (Å²) in [5.74, 6) is -0.676. The van der Waals surface area contributed by atoms with Crippen LogP contribution in [-0.2, 0) is 19.6 Å². The number of hydrazone groups is 1. The molecule has 1 N–H and O–H groups in total. The molecule has 0 bridgehead atoms. The SMILES string of the molecule is Cc1ccc(S(=O)(=O)N(CC(=O)N/N=C\c2cc([N+](=O)[O-])ccc2N2CCOCC2)c2ccc(C)cc2C)cc1. The number of nitro benzene ring substituents is 1. The van der Waals surface area contributed by atoms with Gasteiger partial charge in [-0.2, -0.15) is 5.10 Å². The molecule has 1 amide bonds. The molecule has 1 heterocycles. The largest absolute Gasteiger partial charge is 0.378 e. The first kappa shape index (κ1) is 28.7. The van der Waals surface area contributed by atoms with Gasteiger partial charge in [0.25, 0.3) is 21.6 Å². The number of carbonyl (C=O) groups is 1. The number of anilines is 2. The van der Waals surface area contributed by atoms with Crippen molar-refractivity contribution in [2.45, 2.75) is 25.7 Å². The van der Waals surface area contributed by atoms with Gasteiger partial charge in [0.1, 0.15) is 6.54 Å². The molecule has 1 saturated heterocycles. The molecular formula is C28H31N5O6S. The number of aryl methyl sites for hydroxylation is 3. The number of nitro groups is 1.